The standard InChI is InChI=1S/C24H26N2O4S2/c1-24(2,15-16-7-4-3-5-8-16)26(17(23(29)30)10-13-21(25)27)22(28)20-12-11-19(32-20)18-9-6-14-31-18/h3-9,11-12,14,17H,10,13,15H2,1-2H3,(H2,25,27)(H,29,30)/t17-/m0/s1. The third-order valence-electron chi connectivity index (χ3n) is 5.19. The number of amides is 2. The van der Waals surface area contributed by atoms with Gasteiger partial charge in [-0.3, -0.25) is 9.59 Å². The molecule has 2 aromatic heterocycles. The molecule has 3 aromatic rings. The van der Waals surface area contributed by atoms with E-state index in [1.807, 2.05) is 67.8 Å². The third-order valence-corrected chi connectivity index (χ3v) is 7.33. The van der Waals surface area contributed by atoms with Gasteiger partial charge in [-0.15, -0.1) is 22.7 Å². The zero-order valence-corrected chi connectivity index (χ0v) is 19.6. The summed E-state index contributed by atoms with van der Waals surface area (Å²) < 4.78 is 0. The fourth-order valence-electron chi connectivity index (χ4n) is 3.78. The lowest BCUT2D eigenvalue weighted by Gasteiger charge is -2.42. The topological polar surface area (TPSA) is 101 Å². The van der Waals surface area contributed by atoms with Crippen LogP contribution >= 0.6 is 22.7 Å². The molecule has 1 atom stereocenters. The van der Waals surface area contributed by atoms with Crippen LogP contribution < -0.4 is 5.73 Å². The number of carbonyl (C=O) groups excluding carboxylic acids is 2. The largest absolute Gasteiger partial charge is 0.480 e. The van der Waals surface area contributed by atoms with E-state index in [2.05, 4.69) is 0 Å². The zero-order chi connectivity index (χ0) is 23.3. The van der Waals surface area contributed by atoms with Gasteiger partial charge in [0.25, 0.3) is 5.91 Å². The van der Waals surface area contributed by atoms with E-state index in [0.717, 1.165) is 15.3 Å². The summed E-state index contributed by atoms with van der Waals surface area (Å²) in [6.07, 6.45) is 0.300. The summed E-state index contributed by atoms with van der Waals surface area (Å²) in [5, 5.41) is 12.0. The van der Waals surface area contributed by atoms with Crippen molar-refractivity contribution in [2.45, 2.75) is 44.7 Å². The molecular formula is C24H26N2O4S2. The molecule has 0 saturated carbocycles. The van der Waals surface area contributed by atoms with E-state index in [1.54, 1.807) is 17.4 Å². The fourth-order valence-corrected chi connectivity index (χ4v) is 5.56. The lowest BCUT2D eigenvalue weighted by Crippen LogP contribution is -2.57. The van der Waals surface area contributed by atoms with Crippen LogP contribution in [-0.4, -0.2) is 39.4 Å². The van der Waals surface area contributed by atoms with Gasteiger partial charge in [0, 0.05) is 21.7 Å². The van der Waals surface area contributed by atoms with E-state index in [4.69, 9.17) is 5.73 Å². The number of primary amides is 1. The molecule has 0 fully saturated rings. The molecule has 32 heavy (non-hydrogen) atoms. The molecule has 168 valence electrons. The number of thiophene rings is 2. The molecule has 6 nitrogen and oxygen atoms in total. The van der Waals surface area contributed by atoms with Crippen LogP contribution in [0.2, 0.25) is 0 Å². The molecule has 0 bridgehead atoms. The Balaban J connectivity index is 1.99. The Morgan fingerprint density at radius 3 is 2.34 bits per heavy atom. The van der Waals surface area contributed by atoms with E-state index < -0.39 is 23.5 Å². The molecule has 1 aromatic carbocycles. The number of aliphatic carboxylic acids is 1. The number of carbonyl (C=O) groups is 3. The van der Waals surface area contributed by atoms with Crippen molar-refractivity contribution in [1.82, 2.24) is 4.90 Å². The molecule has 3 rings (SSSR count). The van der Waals surface area contributed by atoms with Crippen molar-refractivity contribution in [2.75, 3.05) is 0 Å². The van der Waals surface area contributed by atoms with Gasteiger partial charge in [-0.2, -0.15) is 0 Å². The van der Waals surface area contributed by atoms with E-state index in [9.17, 15) is 19.5 Å². The number of rotatable bonds is 10. The number of benzene rings is 1. The maximum atomic E-state index is 13.7. The molecule has 0 radical (unpaired) electrons. The number of carboxylic acid groups (broad SMARTS) is 1. The second kappa shape index (κ2) is 10.1. The highest BCUT2D eigenvalue weighted by atomic mass is 32.1. The predicted octanol–water partition coefficient (Wildman–Crippen LogP) is 4.66. The second-order valence-corrected chi connectivity index (χ2v) is 10.2. The fraction of sp³-hybridized carbons (Fsp3) is 0.292. The highest BCUT2D eigenvalue weighted by Gasteiger charge is 2.41. The normalized spacial score (nSPS) is 12.3. The third kappa shape index (κ3) is 5.63. The maximum absolute atomic E-state index is 13.7. The van der Waals surface area contributed by atoms with Crippen LogP contribution in [0, 0.1) is 0 Å². The Labute approximate surface area is 195 Å². The van der Waals surface area contributed by atoms with Gasteiger partial charge in [0.15, 0.2) is 0 Å². The Morgan fingerprint density at radius 1 is 1.03 bits per heavy atom. The Kier molecular flexibility index (Phi) is 7.48. The maximum Gasteiger partial charge on any atom is 0.326 e. The van der Waals surface area contributed by atoms with Crippen LogP contribution in [0.4, 0.5) is 0 Å². The number of hydrogen-bond acceptors (Lipinski definition) is 5. The van der Waals surface area contributed by atoms with Gasteiger partial charge < -0.3 is 15.7 Å². The van der Waals surface area contributed by atoms with Crippen molar-refractivity contribution in [3.63, 3.8) is 0 Å². The first-order chi connectivity index (χ1) is 15.2. The van der Waals surface area contributed by atoms with Gasteiger partial charge in [0.2, 0.25) is 5.91 Å². The van der Waals surface area contributed by atoms with Crippen LogP contribution in [-0.2, 0) is 16.0 Å². The highest BCUT2D eigenvalue weighted by molar-refractivity contribution is 7.22. The Bertz CT molecular complexity index is 1070. The SMILES string of the molecule is CC(C)(Cc1ccccc1)N(C(=O)c1ccc(-c2cccs2)s1)[C@@H](CCC(N)=O)C(=O)O. The second-order valence-electron chi connectivity index (χ2n) is 8.15. The minimum absolute atomic E-state index is 0.0439. The van der Waals surface area contributed by atoms with Gasteiger partial charge in [-0.25, -0.2) is 4.79 Å². The molecule has 0 aliphatic heterocycles. The summed E-state index contributed by atoms with van der Waals surface area (Å²) in [5.74, 6) is -2.12. The minimum Gasteiger partial charge on any atom is -0.480 e. The van der Waals surface area contributed by atoms with E-state index in [-0.39, 0.29) is 18.7 Å². The highest BCUT2D eigenvalue weighted by Crippen LogP contribution is 2.34. The van der Waals surface area contributed by atoms with Crippen LogP contribution in [0.25, 0.3) is 9.75 Å². The zero-order valence-electron chi connectivity index (χ0n) is 18.0. The number of nitrogens with two attached hydrogens (primary N) is 1. The van der Waals surface area contributed by atoms with Crippen molar-refractivity contribution in [2.24, 2.45) is 5.73 Å². The molecule has 3 N–H and O–H groups in total. The van der Waals surface area contributed by atoms with Crippen molar-refractivity contribution in [1.29, 1.82) is 0 Å². The lowest BCUT2D eigenvalue weighted by atomic mass is 9.90. The lowest BCUT2D eigenvalue weighted by molar-refractivity contribution is -0.144. The molecular weight excluding hydrogens is 444 g/mol. The summed E-state index contributed by atoms with van der Waals surface area (Å²) >= 11 is 2.92. The first-order valence-corrected chi connectivity index (χ1v) is 11.9. The molecule has 8 heteroatoms. The summed E-state index contributed by atoms with van der Waals surface area (Å²) in [6, 6.07) is 16.0. The first-order valence-electron chi connectivity index (χ1n) is 10.2. The van der Waals surface area contributed by atoms with Crippen LogP contribution in [0.3, 0.4) is 0 Å². The monoisotopic (exact) mass is 470 g/mol. The van der Waals surface area contributed by atoms with Crippen molar-refractivity contribution >= 4 is 40.5 Å². The van der Waals surface area contributed by atoms with Crippen LogP contribution in [0.5, 0.6) is 0 Å². The van der Waals surface area contributed by atoms with Crippen LogP contribution in [0.1, 0.15) is 41.9 Å². The van der Waals surface area contributed by atoms with Gasteiger partial charge in [0.05, 0.1) is 4.88 Å². The number of nitrogens with zero attached hydrogens (tertiary/aromatic N) is 1. The average Bonchev–Trinajstić information content (AvgIpc) is 3.42. The van der Waals surface area contributed by atoms with E-state index in [0.29, 0.717) is 11.3 Å². The van der Waals surface area contributed by atoms with Crippen molar-refractivity contribution in [3.8, 4) is 9.75 Å². The summed E-state index contributed by atoms with van der Waals surface area (Å²) in [5.41, 5.74) is 5.45. The number of carboxylic acids is 1. The first kappa shape index (κ1) is 23.7. The summed E-state index contributed by atoms with van der Waals surface area (Å²) in [4.78, 5) is 41.2. The molecule has 0 unspecified atom stereocenters. The summed E-state index contributed by atoms with van der Waals surface area (Å²) in [6.45, 7) is 3.71. The smallest absolute Gasteiger partial charge is 0.326 e. The Morgan fingerprint density at radius 2 is 1.75 bits per heavy atom. The molecule has 0 aliphatic rings. The van der Waals surface area contributed by atoms with Crippen LogP contribution in [0.15, 0.2) is 60.0 Å². The Hall–Kier alpha value is -2.97. The van der Waals surface area contributed by atoms with Gasteiger partial charge >= 0.3 is 5.97 Å². The van der Waals surface area contributed by atoms with Crippen molar-refractivity contribution in [3.05, 3.63) is 70.4 Å². The molecule has 0 saturated heterocycles. The predicted molar refractivity (Wildman–Crippen MR) is 128 cm³/mol. The molecule has 2 amide bonds. The molecule has 2 heterocycles. The van der Waals surface area contributed by atoms with Crippen molar-refractivity contribution < 1.29 is 19.5 Å². The van der Waals surface area contributed by atoms with Gasteiger partial charge in [-0.1, -0.05) is 36.4 Å². The number of hydrogen-bond donors (Lipinski definition) is 2. The van der Waals surface area contributed by atoms with E-state index in [1.165, 1.54) is 16.2 Å². The quantitative estimate of drug-likeness (QED) is 0.450. The van der Waals surface area contributed by atoms with Gasteiger partial charge in [-0.05, 0) is 55.8 Å². The minimum atomic E-state index is -1.18. The average molecular weight is 471 g/mol. The van der Waals surface area contributed by atoms with Gasteiger partial charge in [0.1, 0.15) is 6.04 Å². The van der Waals surface area contributed by atoms with E-state index >= 15 is 0 Å². The summed E-state index contributed by atoms with van der Waals surface area (Å²) in [7, 11) is 0. The molecule has 0 aliphatic carbocycles. The molecule has 0 spiro atoms.